The molecule has 32 heavy (non-hydrogen) atoms. The van der Waals surface area contributed by atoms with Gasteiger partial charge in [0.05, 0.1) is 4.90 Å². The Labute approximate surface area is 194 Å². The molecule has 1 atom stereocenters. The van der Waals surface area contributed by atoms with Crippen LogP contribution >= 0.6 is 0 Å². The summed E-state index contributed by atoms with van der Waals surface area (Å²) in [5, 5.41) is 3.11. The van der Waals surface area contributed by atoms with E-state index in [-0.39, 0.29) is 11.4 Å². The van der Waals surface area contributed by atoms with Crippen molar-refractivity contribution in [2.45, 2.75) is 82.6 Å². The molecule has 6 nitrogen and oxygen atoms in total. The van der Waals surface area contributed by atoms with Gasteiger partial charge in [0.1, 0.15) is 0 Å². The van der Waals surface area contributed by atoms with E-state index in [1.807, 2.05) is 12.1 Å². The molecule has 0 bridgehead atoms. The van der Waals surface area contributed by atoms with E-state index < -0.39 is 10.0 Å². The van der Waals surface area contributed by atoms with Crippen LogP contribution < -0.4 is 5.32 Å². The molecule has 0 spiro atoms. The number of amides is 1. The summed E-state index contributed by atoms with van der Waals surface area (Å²) in [4.78, 5) is 15.3. The van der Waals surface area contributed by atoms with Crippen LogP contribution in [0, 0.1) is 5.92 Å². The Morgan fingerprint density at radius 1 is 1.03 bits per heavy atom. The van der Waals surface area contributed by atoms with E-state index in [4.69, 9.17) is 0 Å². The minimum Gasteiger partial charge on any atom is -0.354 e. The van der Waals surface area contributed by atoms with Crippen LogP contribution in [0.2, 0.25) is 0 Å². The molecule has 0 saturated carbocycles. The van der Waals surface area contributed by atoms with Gasteiger partial charge in [0.2, 0.25) is 15.9 Å². The number of rotatable bonds is 8. The lowest BCUT2D eigenvalue weighted by Gasteiger charge is -2.43. The molecule has 0 radical (unpaired) electrons. The number of hydrogen-bond donors (Lipinski definition) is 1. The summed E-state index contributed by atoms with van der Waals surface area (Å²) < 4.78 is 27.4. The van der Waals surface area contributed by atoms with Crippen molar-refractivity contribution >= 4 is 15.9 Å². The lowest BCUT2D eigenvalue weighted by atomic mass is 9.93. The Kier molecular flexibility index (Phi) is 8.75. The molecule has 1 unspecified atom stereocenters. The van der Waals surface area contributed by atoms with Gasteiger partial charge >= 0.3 is 0 Å². The largest absolute Gasteiger partial charge is 0.354 e. The molecule has 1 aromatic carbocycles. The number of benzene rings is 1. The second-order valence-electron chi connectivity index (χ2n) is 10.2. The van der Waals surface area contributed by atoms with Gasteiger partial charge in [0.15, 0.2) is 0 Å². The average Bonchev–Trinajstić information content (AvgIpc) is 3.07. The predicted octanol–water partition coefficient (Wildman–Crippen LogP) is 3.81. The van der Waals surface area contributed by atoms with Gasteiger partial charge in [-0.15, -0.1) is 0 Å². The van der Waals surface area contributed by atoms with Crippen molar-refractivity contribution in [1.29, 1.82) is 0 Å². The Morgan fingerprint density at radius 3 is 2.31 bits per heavy atom. The van der Waals surface area contributed by atoms with Crippen molar-refractivity contribution in [3.63, 3.8) is 0 Å². The molecule has 7 heteroatoms. The van der Waals surface area contributed by atoms with E-state index >= 15 is 0 Å². The third-order valence-electron chi connectivity index (χ3n) is 7.00. The molecule has 2 fully saturated rings. The van der Waals surface area contributed by atoms with Gasteiger partial charge in [0, 0.05) is 38.1 Å². The molecule has 3 rings (SSSR count). The van der Waals surface area contributed by atoms with Crippen molar-refractivity contribution in [2.24, 2.45) is 5.92 Å². The fourth-order valence-electron chi connectivity index (χ4n) is 4.77. The van der Waals surface area contributed by atoms with Crippen molar-refractivity contribution in [2.75, 3.05) is 32.7 Å². The summed E-state index contributed by atoms with van der Waals surface area (Å²) >= 11 is 0. The van der Waals surface area contributed by atoms with Gasteiger partial charge in [-0.2, -0.15) is 4.31 Å². The summed E-state index contributed by atoms with van der Waals surface area (Å²) in [6, 6.07) is 7.07. The van der Waals surface area contributed by atoms with Gasteiger partial charge in [-0.05, 0) is 76.1 Å². The fourth-order valence-corrected chi connectivity index (χ4v) is 6.29. The highest BCUT2D eigenvalue weighted by Gasteiger charge is 2.30. The number of carbonyl (C=O) groups is 1. The van der Waals surface area contributed by atoms with Crippen molar-refractivity contribution in [3.8, 4) is 0 Å². The van der Waals surface area contributed by atoms with E-state index in [1.165, 1.54) is 12.8 Å². The van der Waals surface area contributed by atoms with Gasteiger partial charge in [-0.3, -0.25) is 9.69 Å². The first-order valence-electron chi connectivity index (χ1n) is 12.3. The number of carbonyl (C=O) groups excluding carboxylic acids is 1. The third-order valence-corrected chi connectivity index (χ3v) is 8.91. The molecule has 0 aliphatic carbocycles. The first-order chi connectivity index (χ1) is 15.2. The Hall–Kier alpha value is -1.44. The molecule has 1 aromatic rings. The summed E-state index contributed by atoms with van der Waals surface area (Å²) in [5.74, 6) is 0.759. The summed E-state index contributed by atoms with van der Waals surface area (Å²) in [7, 11) is -3.42. The normalized spacial score (nSPS) is 21.8. The Morgan fingerprint density at radius 2 is 1.69 bits per heavy atom. The van der Waals surface area contributed by atoms with Gasteiger partial charge in [0.25, 0.3) is 0 Å². The summed E-state index contributed by atoms with van der Waals surface area (Å²) in [6.07, 6.45) is 7.59. The fraction of sp³-hybridized carbons (Fsp3) is 0.720. The number of hydrogen-bond acceptors (Lipinski definition) is 4. The number of likely N-dealkylation sites (tertiary alicyclic amines) is 1. The van der Waals surface area contributed by atoms with E-state index in [0.717, 1.165) is 44.3 Å². The van der Waals surface area contributed by atoms with Crippen LogP contribution in [0.15, 0.2) is 29.2 Å². The highest BCUT2D eigenvalue weighted by Crippen LogP contribution is 2.24. The van der Waals surface area contributed by atoms with Crippen LogP contribution in [-0.4, -0.2) is 61.8 Å². The number of sulfonamides is 1. The molecule has 2 saturated heterocycles. The second kappa shape index (κ2) is 11.1. The van der Waals surface area contributed by atoms with Gasteiger partial charge < -0.3 is 5.32 Å². The minimum absolute atomic E-state index is 0.0457. The molecule has 2 aliphatic rings. The van der Waals surface area contributed by atoms with Crippen LogP contribution in [0.4, 0.5) is 0 Å². The second-order valence-corrected chi connectivity index (χ2v) is 12.2. The lowest BCUT2D eigenvalue weighted by molar-refractivity contribution is -0.121. The molecule has 0 aromatic heterocycles. The summed E-state index contributed by atoms with van der Waals surface area (Å²) in [5.41, 5.74) is 0.937. The first-order valence-corrected chi connectivity index (χ1v) is 13.7. The quantitative estimate of drug-likeness (QED) is 0.636. The molecular weight excluding hydrogens is 422 g/mol. The van der Waals surface area contributed by atoms with E-state index in [0.29, 0.717) is 43.3 Å². The van der Waals surface area contributed by atoms with E-state index in [1.54, 1.807) is 16.4 Å². The molecule has 2 aliphatic heterocycles. The van der Waals surface area contributed by atoms with Crippen LogP contribution in [0.3, 0.4) is 0 Å². The summed E-state index contributed by atoms with van der Waals surface area (Å²) in [6.45, 7) is 10.8. The van der Waals surface area contributed by atoms with E-state index in [9.17, 15) is 13.2 Å². The zero-order valence-electron chi connectivity index (χ0n) is 20.1. The topological polar surface area (TPSA) is 69.7 Å². The predicted molar refractivity (Wildman–Crippen MR) is 129 cm³/mol. The first kappa shape index (κ1) is 25.2. The molecule has 1 amide bonds. The maximum absolute atomic E-state index is 12.9. The Balaban J connectivity index is 1.47. The molecular formula is C25H41N3O3S. The highest BCUT2D eigenvalue weighted by molar-refractivity contribution is 7.89. The number of aryl methyl sites for hydroxylation is 1. The highest BCUT2D eigenvalue weighted by atomic mass is 32.2. The monoisotopic (exact) mass is 463 g/mol. The maximum atomic E-state index is 12.9. The number of nitrogens with one attached hydrogen (secondary N) is 1. The minimum atomic E-state index is -3.42. The van der Waals surface area contributed by atoms with Crippen LogP contribution in [0.1, 0.15) is 71.3 Å². The number of piperidine rings is 1. The molecule has 2 heterocycles. The zero-order valence-corrected chi connectivity index (χ0v) is 20.9. The van der Waals surface area contributed by atoms with Crippen LogP contribution in [-0.2, 0) is 21.2 Å². The van der Waals surface area contributed by atoms with Crippen molar-refractivity contribution in [3.05, 3.63) is 29.8 Å². The smallest absolute Gasteiger partial charge is 0.243 e. The van der Waals surface area contributed by atoms with Crippen LogP contribution in [0.25, 0.3) is 0 Å². The molecule has 180 valence electrons. The zero-order chi connectivity index (χ0) is 23.2. The van der Waals surface area contributed by atoms with Gasteiger partial charge in [-0.25, -0.2) is 8.42 Å². The standard InChI is InChI=1S/C25H41N3O3S/c1-21-9-8-16-27(19-21)25(2,3)20-26-24(29)15-12-22-10-13-23(14-11-22)32(30,31)28-17-6-4-5-7-18-28/h10-11,13-14,21H,4-9,12,15-20H2,1-3H3,(H,26,29). The Bertz CT molecular complexity index is 844. The van der Waals surface area contributed by atoms with Crippen LogP contribution in [0.5, 0.6) is 0 Å². The van der Waals surface area contributed by atoms with Crippen molar-refractivity contribution in [1.82, 2.24) is 14.5 Å². The van der Waals surface area contributed by atoms with Gasteiger partial charge in [-0.1, -0.05) is 31.9 Å². The van der Waals surface area contributed by atoms with Crippen molar-refractivity contribution < 1.29 is 13.2 Å². The molecule has 1 N–H and O–H groups in total. The SMILES string of the molecule is CC1CCCN(C(C)(C)CNC(=O)CCc2ccc(S(=O)(=O)N3CCCCCC3)cc2)C1. The van der Waals surface area contributed by atoms with E-state index in [2.05, 4.69) is 31.0 Å². The number of nitrogens with zero attached hydrogens (tertiary/aromatic N) is 2. The average molecular weight is 464 g/mol. The lowest BCUT2D eigenvalue weighted by Crippen LogP contribution is -2.54. The third kappa shape index (κ3) is 6.78. The maximum Gasteiger partial charge on any atom is 0.243 e.